The molecule has 1 atom stereocenters. The first-order valence-corrected chi connectivity index (χ1v) is 8.93. The number of anilines is 1. The van der Waals surface area contributed by atoms with E-state index >= 15 is 0 Å². The van der Waals surface area contributed by atoms with E-state index in [1.54, 1.807) is 0 Å². The maximum atomic E-state index is 3.75. The fourth-order valence-corrected chi connectivity index (χ4v) is 3.52. The molecule has 0 amide bonds. The van der Waals surface area contributed by atoms with Crippen molar-refractivity contribution in [2.45, 2.75) is 39.8 Å². The average Bonchev–Trinajstić information content (AvgIpc) is 2.52. The van der Waals surface area contributed by atoms with Gasteiger partial charge in [0.2, 0.25) is 0 Å². The fourth-order valence-electron chi connectivity index (χ4n) is 2.85. The highest BCUT2D eigenvalue weighted by Gasteiger charge is 2.21. The van der Waals surface area contributed by atoms with Crippen LogP contribution in [0.25, 0.3) is 0 Å². The van der Waals surface area contributed by atoms with Crippen molar-refractivity contribution in [3.8, 4) is 0 Å². The minimum absolute atomic E-state index is 0.707. The molecule has 118 valence electrons. The SMILES string of the molecule is CCNCc1ccc(N2CCN(C(C)CC)CC2)c(Br)c1. The Hall–Kier alpha value is -0.580. The van der Waals surface area contributed by atoms with E-state index in [0.29, 0.717) is 6.04 Å². The lowest BCUT2D eigenvalue weighted by molar-refractivity contribution is 0.193. The second-order valence-corrected chi connectivity index (χ2v) is 6.70. The summed E-state index contributed by atoms with van der Waals surface area (Å²) in [5.41, 5.74) is 2.67. The third-order valence-corrected chi connectivity index (χ3v) is 5.10. The van der Waals surface area contributed by atoms with Crippen molar-refractivity contribution in [2.24, 2.45) is 0 Å². The summed E-state index contributed by atoms with van der Waals surface area (Å²) in [5.74, 6) is 0. The van der Waals surface area contributed by atoms with Gasteiger partial charge in [-0.25, -0.2) is 0 Å². The summed E-state index contributed by atoms with van der Waals surface area (Å²) in [5, 5.41) is 3.37. The summed E-state index contributed by atoms with van der Waals surface area (Å²) in [6.07, 6.45) is 1.24. The highest BCUT2D eigenvalue weighted by molar-refractivity contribution is 9.10. The molecule has 1 aromatic rings. The van der Waals surface area contributed by atoms with Crippen LogP contribution in [0.15, 0.2) is 22.7 Å². The maximum absolute atomic E-state index is 3.75. The Labute approximate surface area is 137 Å². The minimum atomic E-state index is 0.707. The molecule has 1 aromatic carbocycles. The molecule has 0 aromatic heterocycles. The molecule has 1 saturated heterocycles. The molecule has 1 heterocycles. The van der Waals surface area contributed by atoms with E-state index < -0.39 is 0 Å². The van der Waals surface area contributed by atoms with Crippen molar-refractivity contribution < 1.29 is 0 Å². The Morgan fingerprint density at radius 1 is 1.19 bits per heavy atom. The molecule has 1 N–H and O–H groups in total. The number of nitrogens with one attached hydrogen (secondary N) is 1. The van der Waals surface area contributed by atoms with Crippen molar-refractivity contribution in [3.63, 3.8) is 0 Å². The van der Waals surface area contributed by atoms with Crippen molar-refractivity contribution >= 4 is 21.6 Å². The molecule has 3 nitrogen and oxygen atoms in total. The van der Waals surface area contributed by atoms with Gasteiger partial charge in [-0.3, -0.25) is 4.90 Å². The fraction of sp³-hybridized carbons (Fsp3) is 0.647. The van der Waals surface area contributed by atoms with Gasteiger partial charge < -0.3 is 10.2 Å². The van der Waals surface area contributed by atoms with Crippen LogP contribution in [-0.4, -0.2) is 43.7 Å². The topological polar surface area (TPSA) is 18.5 Å². The summed E-state index contributed by atoms with van der Waals surface area (Å²) in [4.78, 5) is 5.10. The largest absolute Gasteiger partial charge is 0.368 e. The van der Waals surface area contributed by atoms with Crippen LogP contribution in [0.2, 0.25) is 0 Å². The first-order chi connectivity index (χ1) is 10.2. The van der Waals surface area contributed by atoms with Crippen LogP contribution < -0.4 is 10.2 Å². The summed E-state index contributed by atoms with van der Waals surface area (Å²) >= 11 is 3.75. The Bertz CT molecular complexity index is 442. The second kappa shape index (κ2) is 8.16. The Morgan fingerprint density at radius 2 is 1.90 bits per heavy atom. The predicted octanol–water partition coefficient (Wildman–Crippen LogP) is 3.48. The molecule has 2 rings (SSSR count). The molecular formula is C17H28BrN3. The number of hydrogen-bond donors (Lipinski definition) is 1. The maximum Gasteiger partial charge on any atom is 0.0511 e. The smallest absolute Gasteiger partial charge is 0.0511 e. The van der Waals surface area contributed by atoms with Gasteiger partial charge in [0, 0.05) is 43.2 Å². The standard InChI is InChI=1S/C17H28BrN3/c1-4-14(3)20-8-10-21(11-9-20)17-7-6-15(12-16(17)18)13-19-5-2/h6-7,12,14,19H,4-5,8-11,13H2,1-3H3. The van der Waals surface area contributed by atoms with Gasteiger partial charge in [0.15, 0.2) is 0 Å². The van der Waals surface area contributed by atoms with Gasteiger partial charge in [0.05, 0.1) is 5.69 Å². The lowest BCUT2D eigenvalue weighted by Crippen LogP contribution is -2.49. The van der Waals surface area contributed by atoms with Crippen molar-refractivity contribution in [3.05, 3.63) is 28.2 Å². The highest BCUT2D eigenvalue weighted by atomic mass is 79.9. The second-order valence-electron chi connectivity index (χ2n) is 5.85. The summed E-state index contributed by atoms with van der Waals surface area (Å²) in [6, 6.07) is 7.46. The molecule has 0 spiro atoms. The van der Waals surface area contributed by atoms with Gasteiger partial charge in [-0.1, -0.05) is 19.9 Å². The third kappa shape index (κ3) is 4.44. The zero-order chi connectivity index (χ0) is 15.2. The van der Waals surface area contributed by atoms with Crippen molar-refractivity contribution in [1.29, 1.82) is 0 Å². The van der Waals surface area contributed by atoms with Crippen LogP contribution in [0.1, 0.15) is 32.8 Å². The molecule has 1 aliphatic heterocycles. The molecule has 1 aliphatic rings. The number of piperazine rings is 1. The molecule has 0 aliphatic carbocycles. The van der Waals surface area contributed by atoms with E-state index in [9.17, 15) is 0 Å². The number of nitrogens with zero attached hydrogens (tertiary/aromatic N) is 2. The molecule has 0 bridgehead atoms. The van der Waals surface area contributed by atoms with E-state index in [1.807, 2.05) is 0 Å². The first kappa shape index (κ1) is 16.8. The molecule has 0 saturated carbocycles. The number of benzene rings is 1. The Morgan fingerprint density at radius 3 is 2.48 bits per heavy atom. The number of halogens is 1. The number of hydrogen-bond acceptors (Lipinski definition) is 3. The monoisotopic (exact) mass is 353 g/mol. The lowest BCUT2D eigenvalue weighted by atomic mass is 10.1. The molecule has 0 radical (unpaired) electrons. The van der Waals surface area contributed by atoms with E-state index in [-0.39, 0.29) is 0 Å². The minimum Gasteiger partial charge on any atom is -0.368 e. The van der Waals surface area contributed by atoms with Crippen LogP contribution in [0.5, 0.6) is 0 Å². The zero-order valence-electron chi connectivity index (χ0n) is 13.5. The molecule has 1 fully saturated rings. The summed E-state index contributed by atoms with van der Waals surface area (Å²) < 4.78 is 1.22. The van der Waals surface area contributed by atoms with Crippen molar-refractivity contribution in [1.82, 2.24) is 10.2 Å². The van der Waals surface area contributed by atoms with Gasteiger partial charge in [0.25, 0.3) is 0 Å². The predicted molar refractivity (Wildman–Crippen MR) is 95.1 cm³/mol. The van der Waals surface area contributed by atoms with Gasteiger partial charge >= 0.3 is 0 Å². The van der Waals surface area contributed by atoms with Gasteiger partial charge in [-0.2, -0.15) is 0 Å². The number of rotatable bonds is 6. The van der Waals surface area contributed by atoms with Crippen LogP contribution in [0, 0.1) is 0 Å². The van der Waals surface area contributed by atoms with E-state index in [2.05, 4.69) is 70.0 Å². The van der Waals surface area contributed by atoms with Gasteiger partial charge in [0.1, 0.15) is 0 Å². The van der Waals surface area contributed by atoms with Crippen LogP contribution in [-0.2, 0) is 6.54 Å². The van der Waals surface area contributed by atoms with E-state index in [1.165, 1.54) is 35.2 Å². The van der Waals surface area contributed by atoms with Crippen molar-refractivity contribution in [2.75, 3.05) is 37.6 Å². The van der Waals surface area contributed by atoms with E-state index in [4.69, 9.17) is 0 Å². The van der Waals surface area contributed by atoms with Crippen LogP contribution >= 0.6 is 15.9 Å². The van der Waals surface area contributed by atoms with Gasteiger partial charge in [-0.15, -0.1) is 0 Å². The Kier molecular flexibility index (Phi) is 6.52. The van der Waals surface area contributed by atoms with E-state index in [0.717, 1.165) is 26.2 Å². The molecular weight excluding hydrogens is 326 g/mol. The summed E-state index contributed by atoms with van der Waals surface area (Å²) in [7, 11) is 0. The first-order valence-electron chi connectivity index (χ1n) is 8.13. The molecule has 4 heteroatoms. The third-order valence-electron chi connectivity index (χ3n) is 4.46. The van der Waals surface area contributed by atoms with Crippen LogP contribution in [0.3, 0.4) is 0 Å². The highest BCUT2D eigenvalue weighted by Crippen LogP contribution is 2.28. The quantitative estimate of drug-likeness (QED) is 0.844. The zero-order valence-corrected chi connectivity index (χ0v) is 15.1. The molecule has 21 heavy (non-hydrogen) atoms. The normalized spacial score (nSPS) is 18.0. The Balaban J connectivity index is 1.97. The van der Waals surface area contributed by atoms with Gasteiger partial charge in [-0.05, 0) is 53.5 Å². The molecule has 1 unspecified atom stereocenters. The van der Waals surface area contributed by atoms with Crippen LogP contribution in [0.4, 0.5) is 5.69 Å². The lowest BCUT2D eigenvalue weighted by Gasteiger charge is -2.39. The average molecular weight is 354 g/mol. The summed E-state index contributed by atoms with van der Waals surface area (Å²) in [6.45, 7) is 13.3.